The molecule has 0 spiro atoms. The minimum Gasteiger partial charge on any atom is -0.395 e. The molecule has 0 saturated carbocycles. The van der Waals surface area contributed by atoms with Crippen LogP contribution in [-0.2, 0) is 10.0 Å². The van der Waals surface area contributed by atoms with Gasteiger partial charge in [0.05, 0.1) is 23.4 Å². The number of nitrogens with one attached hydrogen (secondary N) is 1. The van der Waals surface area contributed by atoms with E-state index in [9.17, 15) is 13.5 Å². The fourth-order valence-electron chi connectivity index (χ4n) is 3.01. The van der Waals surface area contributed by atoms with Crippen molar-refractivity contribution in [3.8, 4) is 22.5 Å². The van der Waals surface area contributed by atoms with E-state index in [0.29, 0.717) is 23.4 Å². The van der Waals surface area contributed by atoms with E-state index in [1.165, 1.54) is 12.3 Å². The van der Waals surface area contributed by atoms with Crippen molar-refractivity contribution < 1.29 is 13.5 Å². The van der Waals surface area contributed by atoms with Crippen LogP contribution in [0, 0.1) is 13.8 Å². The maximum absolute atomic E-state index is 12.8. The van der Waals surface area contributed by atoms with Crippen molar-refractivity contribution >= 4 is 29.3 Å². The molecule has 1 aromatic carbocycles. The first-order valence-electron chi connectivity index (χ1n) is 9.55. The number of hydrogen-bond donors (Lipinski definition) is 3. The number of rotatable bonds is 7. The van der Waals surface area contributed by atoms with Gasteiger partial charge in [-0.15, -0.1) is 0 Å². The van der Waals surface area contributed by atoms with E-state index in [4.69, 9.17) is 5.73 Å². The fraction of sp³-hybridized carbons (Fsp3) is 0.286. The van der Waals surface area contributed by atoms with E-state index in [1.54, 1.807) is 31.3 Å². The number of nitrogen functional groups attached to an aromatic ring is 1. The van der Waals surface area contributed by atoms with E-state index >= 15 is 0 Å². The molecule has 0 amide bonds. The molecule has 10 heteroatoms. The Balaban J connectivity index is 0.00000341. The Kier molecular flexibility index (Phi) is 8.13. The SMILES string of the molecule is CC[C@@H](CO)NS(=O)(=O)c1ccc(C)c(-c2cnc(N)c(-c3ccnc(C)c3)n2)c1.S. The van der Waals surface area contributed by atoms with Crippen LogP contribution in [0.1, 0.15) is 24.6 Å². The number of aromatic nitrogens is 3. The molecule has 8 nitrogen and oxygen atoms in total. The molecule has 0 bridgehead atoms. The molecule has 0 fully saturated rings. The van der Waals surface area contributed by atoms with Crippen molar-refractivity contribution in [1.29, 1.82) is 0 Å². The number of nitrogens with zero attached hydrogens (tertiary/aromatic N) is 3. The van der Waals surface area contributed by atoms with Crippen LogP contribution in [0.3, 0.4) is 0 Å². The summed E-state index contributed by atoms with van der Waals surface area (Å²) in [6.07, 6.45) is 3.68. The average molecular weight is 462 g/mol. The van der Waals surface area contributed by atoms with Gasteiger partial charge < -0.3 is 10.8 Å². The van der Waals surface area contributed by atoms with Crippen LogP contribution in [0.15, 0.2) is 47.6 Å². The Hall–Kier alpha value is -2.53. The molecule has 0 aliphatic carbocycles. The smallest absolute Gasteiger partial charge is 0.240 e. The third-order valence-electron chi connectivity index (χ3n) is 4.80. The van der Waals surface area contributed by atoms with Crippen molar-refractivity contribution in [2.45, 2.75) is 38.1 Å². The second-order valence-corrected chi connectivity index (χ2v) is 8.77. The number of anilines is 1. The zero-order valence-corrected chi connectivity index (χ0v) is 19.4. The van der Waals surface area contributed by atoms with Gasteiger partial charge in [0.15, 0.2) is 0 Å². The van der Waals surface area contributed by atoms with E-state index in [2.05, 4.69) is 19.7 Å². The second-order valence-electron chi connectivity index (χ2n) is 7.06. The summed E-state index contributed by atoms with van der Waals surface area (Å²) in [4.78, 5) is 13.2. The van der Waals surface area contributed by atoms with Crippen molar-refractivity contribution in [1.82, 2.24) is 19.7 Å². The van der Waals surface area contributed by atoms with Crippen molar-refractivity contribution in [2.24, 2.45) is 0 Å². The molecular weight excluding hydrogens is 434 g/mol. The number of benzene rings is 1. The van der Waals surface area contributed by atoms with Crippen molar-refractivity contribution in [2.75, 3.05) is 12.3 Å². The van der Waals surface area contributed by atoms with Gasteiger partial charge >= 0.3 is 0 Å². The van der Waals surface area contributed by atoms with Crippen LogP contribution in [0.25, 0.3) is 22.5 Å². The lowest BCUT2D eigenvalue weighted by molar-refractivity contribution is 0.254. The minimum atomic E-state index is -3.80. The molecule has 3 rings (SSSR count). The summed E-state index contributed by atoms with van der Waals surface area (Å²) in [5.74, 6) is 0.279. The highest BCUT2D eigenvalue weighted by Gasteiger charge is 2.20. The number of pyridine rings is 1. The molecular formula is C21H27N5O3S2. The zero-order chi connectivity index (χ0) is 21.9. The predicted molar refractivity (Wildman–Crippen MR) is 126 cm³/mol. The number of aliphatic hydroxyl groups excluding tert-OH is 1. The van der Waals surface area contributed by atoms with Gasteiger partial charge in [0.1, 0.15) is 11.5 Å². The maximum atomic E-state index is 12.8. The molecule has 2 heterocycles. The maximum Gasteiger partial charge on any atom is 0.240 e. The molecule has 4 N–H and O–H groups in total. The Morgan fingerprint density at radius 1 is 1.16 bits per heavy atom. The number of aliphatic hydroxyl groups is 1. The molecule has 166 valence electrons. The first kappa shape index (κ1) is 24.7. The van der Waals surface area contributed by atoms with E-state index in [1.807, 2.05) is 19.9 Å². The van der Waals surface area contributed by atoms with E-state index in [0.717, 1.165) is 16.8 Å². The van der Waals surface area contributed by atoms with Crippen LogP contribution in [0.2, 0.25) is 0 Å². The third kappa shape index (κ3) is 5.59. The highest BCUT2D eigenvalue weighted by atomic mass is 32.2. The number of aryl methyl sites for hydroxylation is 2. The lowest BCUT2D eigenvalue weighted by Crippen LogP contribution is -2.36. The van der Waals surface area contributed by atoms with Gasteiger partial charge in [-0.25, -0.2) is 23.1 Å². The van der Waals surface area contributed by atoms with Gasteiger partial charge in [-0.2, -0.15) is 13.5 Å². The summed E-state index contributed by atoms with van der Waals surface area (Å²) in [6, 6.07) is 7.93. The molecule has 0 aliphatic heterocycles. The topological polar surface area (TPSA) is 131 Å². The third-order valence-corrected chi connectivity index (χ3v) is 6.32. The standard InChI is InChI=1S/C21H25N5O3S.H2S/c1-4-16(12-27)26-30(28,29)17-6-5-13(2)18(10-17)19-11-24-21(22)20(25-19)15-7-8-23-14(3)9-15;/h5-11,16,26-27H,4,12H2,1-3H3,(H2,22,24);1H2/t16-;/m0./s1. The largest absolute Gasteiger partial charge is 0.395 e. The minimum absolute atomic E-state index is 0. The van der Waals surface area contributed by atoms with Crippen LogP contribution in [-0.4, -0.2) is 41.1 Å². The van der Waals surface area contributed by atoms with E-state index in [-0.39, 0.29) is 30.8 Å². The van der Waals surface area contributed by atoms with Gasteiger partial charge in [0, 0.05) is 29.1 Å². The number of nitrogens with two attached hydrogens (primary N) is 1. The molecule has 0 aliphatic rings. The summed E-state index contributed by atoms with van der Waals surface area (Å²) < 4.78 is 28.0. The summed E-state index contributed by atoms with van der Waals surface area (Å²) in [5.41, 5.74) is 10.2. The van der Waals surface area contributed by atoms with E-state index < -0.39 is 16.1 Å². The normalized spacial score (nSPS) is 12.3. The highest BCUT2D eigenvalue weighted by Crippen LogP contribution is 2.29. The van der Waals surface area contributed by atoms with Crippen LogP contribution < -0.4 is 10.5 Å². The Labute approximate surface area is 189 Å². The van der Waals surface area contributed by atoms with Crippen molar-refractivity contribution in [3.05, 3.63) is 54.0 Å². The predicted octanol–water partition coefficient (Wildman–Crippen LogP) is 2.57. The molecule has 0 radical (unpaired) electrons. The molecule has 3 aromatic rings. The summed E-state index contributed by atoms with van der Waals surface area (Å²) in [6.45, 7) is 5.28. The Morgan fingerprint density at radius 2 is 1.90 bits per heavy atom. The quantitative estimate of drug-likeness (QED) is 0.493. The lowest BCUT2D eigenvalue weighted by atomic mass is 10.1. The van der Waals surface area contributed by atoms with Gasteiger partial charge in [0.2, 0.25) is 10.0 Å². The highest BCUT2D eigenvalue weighted by molar-refractivity contribution is 7.89. The first-order valence-corrected chi connectivity index (χ1v) is 11.0. The molecule has 2 aromatic heterocycles. The first-order chi connectivity index (χ1) is 14.2. The van der Waals surface area contributed by atoms with Gasteiger partial charge in [-0.1, -0.05) is 13.0 Å². The molecule has 0 unspecified atom stereocenters. The average Bonchev–Trinajstić information content (AvgIpc) is 2.72. The van der Waals surface area contributed by atoms with Gasteiger partial charge in [-0.05, 0) is 50.1 Å². The van der Waals surface area contributed by atoms with Gasteiger partial charge in [0.25, 0.3) is 0 Å². The Bertz CT molecular complexity index is 1170. The summed E-state index contributed by atoms with van der Waals surface area (Å²) in [7, 11) is -3.80. The number of sulfonamides is 1. The van der Waals surface area contributed by atoms with Crippen molar-refractivity contribution in [3.63, 3.8) is 0 Å². The fourth-order valence-corrected chi connectivity index (χ4v) is 4.35. The zero-order valence-electron chi connectivity index (χ0n) is 17.6. The summed E-state index contributed by atoms with van der Waals surface area (Å²) in [5, 5.41) is 9.34. The molecule has 1 atom stereocenters. The van der Waals surface area contributed by atoms with Gasteiger partial charge in [-0.3, -0.25) is 4.98 Å². The second kappa shape index (κ2) is 10.2. The summed E-state index contributed by atoms with van der Waals surface area (Å²) >= 11 is 0. The monoisotopic (exact) mass is 461 g/mol. The lowest BCUT2D eigenvalue weighted by Gasteiger charge is -2.16. The molecule has 0 saturated heterocycles. The Morgan fingerprint density at radius 3 is 2.55 bits per heavy atom. The van der Waals surface area contributed by atoms with Crippen LogP contribution in [0.4, 0.5) is 5.82 Å². The van der Waals surface area contributed by atoms with Crippen LogP contribution in [0.5, 0.6) is 0 Å². The molecule has 31 heavy (non-hydrogen) atoms. The number of hydrogen-bond acceptors (Lipinski definition) is 7. The van der Waals surface area contributed by atoms with Crippen LogP contribution >= 0.6 is 13.5 Å².